The molecule has 0 radical (unpaired) electrons. The van der Waals surface area contributed by atoms with Gasteiger partial charge in [0, 0.05) is 0 Å². The van der Waals surface area contributed by atoms with Crippen LogP contribution < -0.4 is 8.79 Å². The van der Waals surface area contributed by atoms with E-state index in [9.17, 15) is 0 Å². The molecule has 0 aliphatic heterocycles. The van der Waals surface area contributed by atoms with Crippen molar-refractivity contribution in [1.29, 1.82) is 0 Å². The number of benzene rings is 2. The van der Waals surface area contributed by atoms with Gasteiger partial charge in [-0.25, -0.2) is 0 Å². The van der Waals surface area contributed by atoms with Crippen molar-refractivity contribution in [2.45, 2.75) is 90.6 Å². The third-order valence-corrected chi connectivity index (χ3v) is 31.7. The van der Waals surface area contributed by atoms with E-state index in [4.69, 9.17) is 0 Å². The van der Waals surface area contributed by atoms with Crippen molar-refractivity contribution in [2.75, 3.05) is 0 Å². The summed E-state index contributed by atoms with van der Waals surface area (Å²) < 4.78 is 3.66. The van der Waals surface area contributed by atoms with E-state index in [1.807, 2.05) is 8.79 Å². The van der Waals surface area contributed by atoms with Gasteiger partial charge in [-0.2, -0.15) is 0 Å². The molecule has 0 aliphatic carbocycles. The third kappa shape index (κ3) is 4.98. The van der Waals surface area contributed by atoms with E-state index in [0.29, 0.717) is 23.7 Å². The Morgan fingerprint density at radius 3 is 0.857 bits per heavy atom. The van der Waals surface area contributed by atoms with Crippen LogP contribution in [0.15, 0.2) is 36.4 Å². The Morgan fingerprint density at radius 2 is 0.679 bits per heavy atom. The van der Waals surface area contributed by atoms with Crippen LogP contribution >= 0.6 is 0 Å². The van der Waals surface area contributed by atoms with Gasteiger partial charge < -0.3 is 0 Å². The molecule has 0 fully saturated rings. The second-order valence-corrected chi connectivity index (χ2v) is 33.2. The molecule has 0 atom stereocenters. The van der Waals surface area contributed by atoms with Gasteiger partial charge in [0.2, 0.25) is 0 Å². The summed E-state index contributed by atoms with van der Waals surface area (Å²) >= 11 is -2.77. The molecular formula is C26H40Ge2. The molecule has 2 aromatic rings. The van der Waals surface area contributed by atoms with E-state index in [1.165, 1.54) is 0 Å². The van der Waals surface area contributed by atoms with Gasteiger partial charge in [0.25, 0.3) is 0 Å². The second-order valence-electron chi connectivity index (χ2n) is 9.49. The Bertz CT molecular complexity index is 731. The van der Waals surface area contributed by atoms with E-state index in [0.717, 1.165) is 0 Å². The molecule has 0 aliphatic rings. The summed E-state index contributed by atoms with van der Waals surface area (Å²) in [6.45, 7) is 19.0. The van der Waals surface area contributed by atoms with E-state index < -0.39 is 23.7 Å². The summed E-state index contributed by atoms with van der Waals surface area (Å²) in [6.07, 6.45) is 0. The molecule has 0 aromatic heterocycles. The summed E-state index contributed by atoms with van der Waals surface area (Å²) in [5.41, 5.74) is 6.57. The Hall–Kier alpha value is -0.474. The van der Waals surface area contributed by atoms with E-state index in [-0.39, 0.29) is 0 Å². The van der Waals surface area contributed by atoms with Crippen molar-refractivity contribution < 1.29 is 0 Å². The first-order valence-electron chi connectivity index (χ1n) is 11.0. The SMILES string of the molecule is CC(C)c1cccc(C(C)C)[c]1/[Ge]([CH3])=[Ge](\[CH3])[c]1c(C(C)C)cccc1C(C)C. The van der Waals surface area contributed by atoms with Crippen LogP contribution in [0, 0.1) is 0 Å². The third-order valence-electron chi connectivity index (χ3n) is 6.06. The van der Waals surface area contributed by atoms with Crippen molar-refractivity contribution in [2.24, 2.45) is 0 Å². The Labute approximate surface area is 181 Å². The maximum absolute atomic E-state index is 2.70. The molecular weight excluding hydrogens is 458 g/mol. The van der Waals surface area contributed by atoms with Gasteiger partial charge >= 0.3 is 182 Å². The van der Waals surface area contributed by atoms with E-state index in [2.05, 4.69) is 103 Å². The minimum atomic E-state index is -1.39. The van der Waals surface area contributed by atoms with Crippen LogP contribution in [-0.4, -0.2) is 23.7 Å². The summed E-state index contributed by atoms with van der Waals surface area (Å²) in [4.78, 5) is 0. The fourth-order valence-corrected chi connectivity index (χ4v) is 27.1. The molecule has 28 heavy (non-hydrogen) atoms. The van der Waals surface area contributed by atoms with Crippen LogP contribution in [-0.2, 0) is 0 Å². The normalized spacial score (nSPS) is 13.1. The predicted octanol–water partition coefficient (Wildman–Crippen LogP) is 6.62. The van der Waals surface area contributed by atoms with Gasteiger partial charge in [0.15, 0.2) is 0 Å². The Balaban J connectivity index is 2.88. The predicted molar refractivity (Wildman–Crippen MR) is 132 cm³/mol. The van der Waals surface area contributed by atoms with Gasteiger partial charge in [-0.3, -0.25) is 0 Å². The van der Waals surface area contributed by atoms with Crippen molar-refractivity contribution in [3.8, 4) is 0 Å². The first-order chi connectivity index (χ1) is 13.1. The molecule has 2 heteroatoms. The molecule has 0 nitrogen and oxygen atoms in total. The zero-order chi connectivity index (χ0) is 21.2. The molecule has 0 saturated heterocycles. The average molecular weight is 498 g/mol. The summed E-state index contributed by atoms with van der Waals surface area (Å²) in [7, 11) is 0. The Morgan fingerprint density at radius 1 is 0.464 bits per heavy atom. The topological polar surface area (TPSA) is 0 Å². The fourth-order valence-electron chi connectivity index (χ4n) is 4.34. The molecule has 2 aromatic carbocycles. The van der Waals surface area contributed by atoms with Gasteiger partial charge in [0.05, 0.1) is 0 Å². The quantitative estimate of drug-likeness (QED) is 0.393. The summed E-state index contributed by atoms with van der Waals surface area (Å²) in [5, 5.41) is 0. The molecule has 0 spiro atoms. The molecule has 152 valence electrons. The Kier molecular flexibility index (Phi) is 8.52. The van der Waals surface area contributed by atoms with Crippen LogP contribution in [0.1, 0.15) is 101 Å². The van der Waals surface area contributed by atoms with E-state index in [1.54, 1.807) is 22.3 Å². The zero-order valence-electron chi connectivity index (χ0n) is 19.8. The first kappa shape index (κ1) is 23.8. The number of hydrogen-bond donors (Lipinski definition) is 0. The maximum atomic E-state index is 2.70. The van der Waals surface area contributed by atoms with Crippen LogP contribution in [0.2, 0.25) is 11.5 Å². The van der Waals surface area contributed by atoms with Crippen LogP contribution in [0.5, 0.6) is 0 Å². The van der Waals surface area contributed by atoms with Gasteiger partial charge in [-0.15, -0.1) is 0 Å². The van der Waals surface area contributed by atoms with Crippen molar-refractivity contribution in [3.05, 3.63) is 58.7 Å². The minimum absolute atomic E-state index is 0.618. The average Bonchev–Trinajstić information content (AvgIpc) is 2.65. The van der Waals surface area contributed by atoms with Crippen molar-refractivity contribution in [3.63, 3.8) is 0 Å². The number of rotatable bonds is 6. The standard InChI is InChI=1S/C26H40Ge2/c1-17(2)21-13-11-14-22(18(3)4)25(21)27(9)28(10)26-23(19(5)6)15-12-16-24(26)20(7)8/h11-20H,1-10H3/b28-27+. The summed E-state index contributed by atoms with van der Waals surface area (Å²) in [6, 6.07) is 14.3. The molecule has 0 bridgehead atoms. The monoisotopic (exact) mass is 500 g/mol. The molecule has 0 saturated carbocycles. The van der Waals surface area contributed by atoms with Crippen LogP contribution in [0.3, 0.4) is 0 Å². The van der Waals surface area contributed by atoms with Gasteiger partial charge in [0.1, 0.15) is 0 Å². The van der Waals surface area contributed by atoms with E-state index >= 15 is 0 Å². The molecule has 2 rings (SSSR count). The zero-order valence-corrected chi connectivity index (χ0v) is 24.0. The summed E-state index contributed by atoms with van der Waals surface area (Å²) in [5.74, 6) is 7.87. The van der Waals surface area contributed by atoms with Crippen LogP contribution in [0.25, 0.3) is 0 Å². The van der Waals surface area contributed by atoms with Gasteiger partial charge in [-0.1, -0.05) is 0 Å². The second kappa shape index (κ2) is 10.0. The van der Waals surface area contributed by atoms with Crippen molar-refractivity contribution in [1.82, 2.24) is 0 Å². The first-order valence-corrected chi connectivity index (χ1v) is 23.8. The van der Waals surface area contributed by atoms with Crippen LogP contribution in [0.4, 0.5) is 0 Å². The fraction of sp³-hybridized carbons (Fsp3) is 0.538. The molecule has 0 N–H and O–H groups in total. The molecule has 0 amide bonds. The molecule has 0 heterocycles. The van der Waals surface area contributed by atoms with Crippen molar-refractivity contribution >= 4 is 32.5 Å². The number of hydrogen-bond acceptors (Lipinski definition) is 0. The molecule has 0 unspecified atom stereocenters. The van der Waals surface area contributed by atoms with Gasteiger partial charge in [-0.05, 0) is 0 Å².